The van der Waals surface area contributed by atoms with E-state index in [4.69, 9.17) is 0 Å². The van der Waals surface area contributed by atoms with Gasteiger partial charge in [-0.15, -0.1) is 0 Å². The number of carbonyl (C=O) groups excluding carboxylic acids is 2. The van der Waals surface area contributed by atoms with Crippen molar-refractivity contribution in [3.05, 3.63) is 94.0 Å². The lowest BCUT2D eigenvalue weighted by Crippen LogP contribution is -2.16. The molecule has 0 saturated heterocycles. The lowest BCUT2D eigenvalue weighted by molar-refractivity contribution is -0.115. The van der Waals surface area contributed by atoms with Crippen LogP contribution in [0.25, 0.3) is 0 Å². The Morgan fingerprint density at radius 3 is 2.10 bits per heavy atom. The quantitative estimate of drug-likeness (QED) is 0.473. The first kappa shape index (κ1) is 21.8. The van der Waals surface area contributed by atoms with Crippen molar-refractivity contribution in [2.45, 2.75) is 32.6 Å². The number of halogens is 1. The Hall–Kier alpha value is -2.92. The zero-order valence-electron chi connectivity index (χ0n) is 17.3. The maximum Gasteiger partial charge on any atom is 0.255 e. The van der Waals surface area contributed by atoms with Gasteiger partial charge in [-0.3, -0.25) is 9.59 Å². The van der Waals surface area contributed by atoms with E-state index in [2.05, 4.69) is 47.3 Å². The summed E-state index contributed by atoms with van der Waals surface area (Å²) >= 11 is 3.41. The normalized spacial score (nSPS) is 11.1. The lowest BCUT2D eigenvalue weighted by atomic mass is 9.87. The van der Waals surface area contributed by atoms with E-state index in [0.29, 0.717) is 16.9 Å². The maximum atomic E-state index is 12.6. The summed E-state index contributed by atoms with van der Waals surface area (Å²) in [7, 11) is 0. The van der Waals surface area contributed by atoms with Crippen molar-refractivity contribution in [2.75, 3.05) is 10.6 Å². The van der Waals surface area contributed by atoms with Crippen molar-refractivity contribution < 1.29 is 9.59 Å². The molecule has 0 radical (unpaired) electrons. The largest absolute Gasteiger partial charge is 0.326 e. The summed E-state index contributed by atoms with van der Waals surface area (Å²) < 4.78 is 0.938. The van der Waals surface area contributed by atoms with E-state index in [1.807, 2.05) is 48.5 Å². The van der Waals surface area contributed by atoms with Gasteiger partial charge in [0.1, 0.15) is 0 Å². The van der Waals surface area contributed by atoms with Crippen LogP contribution in [-0.2, 0) is 16.6 Å². The van der Waals surface area contributed by atoms with Crippen LogP contribution >= 0.6 is 15.9 Å². The Kier molecular flexibility index (Phi) is 6.73. The summed E-state index contributed by atoms with van der Waals surface area (Å²) in [6.45, 7) is 6.41. The first-order valence-corrected chi connectivity index (χ1v) is 10.6. The highest BCUT2D eigenvalue weighted by atomic mass is 79.9. The minimum atomic E-state index is -0.187. The number of nitrogens with one attached hydrogen (secondary N) is 2. The summed E-state index contributed by atoms with van der Waals surface area (Å²) in [6.07, 6.45) is 0.274. The molecule has 154 valence electrons. The Morgan fingerprint density at radius 2 is 1.47 bits per heavy atom. The molecule has 3 rings (SSSR count). The van der Waals surface area contributed by atoms with Crippen molar-refractivity contribution in [3.63, 3.8) is 0 Å². The van der Waals surface area contributed by atoms with E-state index < -0.39 is 0 Å². The molecule has 0 fully saturated rings. The molecule has 4 nitrogen and oxygen atoms in total. The number of anilines is 2. The van der Waals surface area contributed by atoms with E-state index in [0.717, 1.165) is 10.0 Å². The fourth-order valence-electron chi connectivity index (χ4n) is 3.04. The van der Waals surface area contributed by atoms with Crippen LogP contribution in [0.15, 0.2) is 77.3 Å². The van der Waals surface area contributed by atoms with Crippen molar-refractivity contribution in [3.8, 4) is 0 Å². The van der Waals surface area contributed by atoms with Gasteiger partial charge in [-0.05, 0) is 59.0 Å². The highest BCUT2D eigenvalue weighted by Crippen LogP contribution is 2.23. The number of amides is 2. The van der Waals surface area contributed by atoms with Gasteiger partial charge in [0.2, 0.25) is 5.91 Å². The summed E-state index contributed by atoms with van der Waals surface area (Å²) in [6, 6.07) is 22.4. The second kappa shape index (κ2) is 9.26. The number of carbonyl (C=O) groups is 2. The predicted octanol–water partition coefficient (Wildman–Crippen LogP) is 6.18. The van der Waals surface area contributed by atoms with Gasteiger partial charge < -0.3 is 10.6 Å². The molecular weight excluding hydrogens is 440 g/mol. The van der Waals surface area contributed by atoms with Gasteiger partial charge in [-0.2, -0.15) is 0 Å². The summed E-state index contributed by atoms with van der Waals surface area (Å²) in [4.78, 5) is 24.9. The zero-order chi connectivity index (χ0) is 21.7. The second-order valence-electron chi connectivity index (χ2n) is 8.22. The van der Waals surface area contributed by atoms with Gasteiger partial charge in [0.05, 0.1) is 6.42 Å². The first-order valence-electron chi connectivity index (χ1n) is 9.77. The summed E-state index contributed by atoms with van der Waals surface area (Å²) in [5.74, 6) is -0.303. The highest BCUT2D eigenvalue weighted by molar-refractivity contribution is 9.10. The molecule has 0 aliphatic heterocycles. The molecule has 0 aliphatic rings. The molecule has 3 aromatic carbocycles. The lowest BCUT2D eigenvalue weighted by Gasteiger charge is -2.19. The van der Waals surface area contributed by atoms with Crippen LogP contribution < -0.4 is 10.6 Å². The van der Waals surface area contributed by atoms with Gasteiger partial charge in [-0.25, -0.2) is 0 Å². The summed E-state index contributed by atoms with van der Waals surface area (Å²) in [5, 5.41) is 5.77. The molecule has 0 saturated carbocycles. The van der Waals surface area contributed by atoms with Gasteiger partial charge in [0, 0.05) is 21.4 Å². The van der Waals surface area contributed by atoms with Crippen LogP contribution in [0, 0.1) is 0 Å². The van der Waals surface area contributed by atoms with Crippen molar-refractivity contribution in [1.82, 2.24) is 0 Å². The van der Waals surface area contributed by atoms with Crippen LogP contribution in [0.2, 0.25) is 0 Å². The average molecular weight is 465 g/mol. The number of rotatable bonds is 5. The van der Waals surface area contributed by atoms with Crippen LogP contribution in [-0.4, -0.2) is 11.8 Å². The molecule has 0 atom stereocenters. The molecule has 0 unspecified atom stereocenters. The van der Waals surface area contributed by atoms with E-state index in [-0.39, 0.29) is 23.7 Å². The molecule has 0 heterocycles. The Balaban J connectivity index is 1.63. The van der Waals surface area contributed by atoms with Gasteiger partial charge in [0.15, 0.2) is 0 Å². The van der Waals surface area contributed by atoms with Gasteiger partial charge >= 0.3 is 0 Å². The highest BCUT2D eigenvalue weighted by Gasteiger charge is 2.14. The molecule has 2 N–H and O–H groups in total. The fraction of sp³-hybridized carbons (Fsp3) is 0.200. The third-order valence-electron chi connectivity index (χ3n) is 4.67. The van der Waals surface area contributed by atoms with E-state index in [9.17, 15) is 9.59 Å². The SMILES string of the molecule is CC(C)(C)c1ccc(C(=O)Nc2cccc(NC(=O)Cc3cccc(Br)c3)c2)cc1. The Morgan fingerprint density at radius 1 is 0.833 bits per heavy atom. The van der Waals surface area contributed by atoms with E-state index >= 15 is 0 Å². The van der Waals surface area contributed by atoms with Crippen molar-refractivity contribution in [1.29, 1.82) is 0 Å². The second-order valence-corrected chi connectivity index (χ2v) is 9.13. The zero-order valence-corrected chi connectivity index (χ0v) is 18.9. The van der Waals surface area contributed by atoms with E-state index in [1.165, 1.54) is 5.56 Å². The minimum Gasteiger partial charge on any atom is -0.326 e. The number of hydrogen-bond donors (Lipinski definition) is 2. The molecule has 5 heteroatoms. The summed E-state index contributed by atoms with van der Waals surface area (Å²) in [5.41, 5.74) is 3.99. The monoisotopic (exact) mass is 464 g/mol. The maximum absolute atomic E-state index is 12.6. The molecule has 2 amide bonds. The van der Waals surface area contributed by atoms with Crippen LogP contribution in [0.1, 0.15) is 42.3 Å². The molecular formula is C25H25BrN2O2. The first-order chi connectivity index (χ1) is 14.2. The van der Waals surface area contributed by atoms with Crippen molar-refractivity contribution in [2.24, 2.45) is 0 Å². The van der Waals surface area contributed by atoms with E-state index in [1.54, 1.807) is 24.3 Å². The fourth-order valence-corrected chi connectivity index (χ4v) is 3.48. The molecule has 0 aliphatic carbocycles. The molecule has 30 heavy (non-hydrogen) atoms. The Bertz CT molecular complexity index is 1050. The molecule has 0 bridgehead atoms. The van der Waals surface area contributed by atoms with Gasteiger partial charge in [-0.1, -0.05) is 67.0 Å². The number of benzene rings is 3. The minimum absolute atomic E-state index is 0.0391. The molecule has 3 aromatic rings. The van der Waals surface area contributed by atoms with Crippen molar-refractivity contribution >= 4 is 39.1 Å². The topological polar surface area (TPSA) is 58.2 Å². The number of hydrogen-bond acceptors (Lipinski definition) is 2. The third kappa shape index (κ3) is 6.04. The Labute approximate surface area is 185 Å². The smallest absolute Gasteiger partial charge is 0.255 e. The van der Waals surface area contributed by atoms with Gasteiger partial charge in [0.25, 0.3) is 5.91 Å². The molecule has 0 spiro atoms. The van der Waals surface area contributed by atoms with Crippen LogP contribution in [0.5, 0.6) is 0 Å². The average Bonchev–Trinajstić information content (AvgIpc) is 2.67. The molecule has 0 aromatic heterocycles. The van der Waals surface area contributed by atoms with Crippen LogP contribution in [0.4, 0.5) is 11.4 Å². The third-order valence-corrected chi connectivity index (χ3v) is 5.16. The predicted molar refractivity (Wildman–Crippen MR) is 126 cm³/mol. The van der Waals surface area contributed by atoms with Crippen LogP contribution in [0.3, 0.4) is 0 Å². The standard InChI is InChI=1S/C25H25BrN2O2/c1-25(2,3)19-12-10-18(11-13-19)24(30)28-22-9-5-8-21(16-22)27-23(29)15-17-6-4-7-20(26)14-17/h4-14,16H,15H2,1-3H3,(H,27,29)(H,28,30).